The van der Waals surface area contributed by atoms with Gasteiger partial charge in [0.2, 0.25) is 11.7 Å². The molecule has 138 valence electrons. The van der Waals surface area contributed by atoms with Crippen molar-refractivity contribution in [3.63, 3.8) is 0 Å². The number of hydrogen-bond donors (Lipinski definition) is 0. The molecule has 0 bridgehead atoms. The zero-order valence-corrected chi connectivity index (χ0v) is 15.2. The predicted octanol–water partition coefficient (Wildman–Crippen LogP) is 4.55. The number of amides is 1. The summed E-state index contributed by atoms with van der Waals surface area (Å²) in [5, 5.41) is 4.69. The summed E-state index contributed by atoms with van der Waals surface area (Å²) in [7, 11) is 0. The molecule has 0 atom stereocenters. The zero-order valence-electron chi connectivity index (χ0n) is 14.4. The Balaban J connectivity index is 1.42. The van der Waals surface area contributed by atoms with Gasteiger partial charge in [-0.05, 0) is 49.2 Å². The predicted molar refractivity (Wildman–Crippen MR) is 99.0 cm³/mol. The first-order valence-corrected chi connectivity index (χ1v) is 9.13. The Hall–Kier alpha value is -2.73. The molecule has 5 nitrogen and oxygen atoms in total. The van der Waals surface area contributed by atoms with Crippen LogP contribution in [0.2, 0.25) is 5.02 Å². The minimum atomic E-state index is -0.492. The minimum absolute atomic E-state index is 0.0863. The molecule has 1 fully saturated rings. The summed E-state index contributed by atoms with van der Waals surface area (Å²) < 4.78 is 19.3. The van der Waals surface area contributed by atoms with Crippen LogP contribution in [0.4, 0.5) is 4.39 Å². The number of halogens is 2. The quantitative estimate of drug-likeness (QED) is 0.663. The fraction of sp³-hybridized carbons (Fsp3) is 0.250. The molecule has 0 unspecified atom stereocenters. The van der Waals surface area contributed by atoms with E-state index in [9.17, 15) is 9.18 Å². The first-order valence-electron chi connectivity index (χ1n) is 8.75. The first kappa shape index (κ1) is 17.7. The van der Waals surface area contributed by atoms with Gasteiger partial charge in [-0.3, -0.25) is 4.79 Å². The molecule has 1 saturated heterocycles. The third-order valence-corrected chi connectivity index (χ3v) is 5.03. The monoisotopic (exact) mass is 385 g/mol. The third-order valence-electron chi connectivity index (χ3n) is 4.78. The molecular weight excluding hydrogens is 369 g/mol. The van der Waals surface area contributed by atoms with Crippen LogP contribution in [0.5, 0.6) is 0 Å². The van der Waals surface area contributed by atoms with Gasteiger partial charge in [0.05, 0.1) is 5.56 Å². The Morgan fingerprint density at radius 3 is 2.52 bits per heavy atom. The van der Waals surface area contributed by atoms with E-state index in [1.807, 2.05) is 12.1 Å². The number of piperidine rings is 1. The van der Waals surface area contributed by atoms with Crippen molar-refractivity contribution in [3.05, 3.63) is 70.8 Å². The van der Waals surface area contributed by atoms with E-state index in [2.05, 4.69) is 10.1 Å². The van der Waals surface area contributed by atoms with E-state index in [4.69, 9.17) is 16.1 Å². The van der Waals surface area contributed by atoms with Gasteiger partial charge in [-0.1, -0.05) is 28.9 Å². The van der Waals surface area contributed by atoms with E-state index >= 15 is 0 Å². The van der Waals surface area contributed by atoms with Crippen molar-refractivity contribution in [2.24, 2.45) is 0 Å². The van der Waals surface area contributed by atoms with E-state index in [1.165, 1.54) is 12.1 Å². The third kappa shape index (κ3) is 3.71. The van der Waals surface area contributed by atoms with Gasteiger partial charge in [-0.25, -0.2) is 4.39 Å². The van der Waals surface area contributed by atoms with E-state index in [0.717, 1.165) is 5.56 Å². The highest BCUT2D eigenvalue weighted by Gasteiger charge is 2.29. The lowest BCUT2D eigenvalue weighted by atomic mass is 9.96. The number of nitrogens with zero attached hydrogens (tertiary/aromatic N) is 3. The highest BCUT2D eigenvalue weighted by atomic mass is 35.5. The number of hydrogen-bond acceptors (Lipinski definition) is 4. The molecule has 1 amide bonds. The second-order valence-electron chi connectivity index (χ2n) is 6.51. The lowest BCUT2D eigenvalue weighted by Crippen LogP contribution is -2.38. The number of benzene rings is 2. The maximum absolute atomic E-state index is 13.8. The summed E-state index contributed by atoms with van der Waals surface area (Å²) in [4.78, 5) is 18.7. The van der Waals surface area contributed by atoms with E-state index in [-0.39, 0.29) is 17.4 Å². The van der Waals surface area contributed by atoms with Crippen molar-refractivity contribution in [2.75, 3.05) is 13.1 Å². The van der Waals surface area contributed by atoms with Crippen molar-refractivity contribution in [1.29, 1.82) is 0 Å². The summed E-state index contributed by atoms with van der Waals surface area (Å²) in [5.41, 5.74) is 0.945. The highest BCUT2D eigenvalue weighted by Crippen LogP contribution is 2.29. The lowest BCUT2D eigenvalue weighted by molar-refractivity contribution is 0.0700. The molecule has 0 N–H and O–H groups in total. The second-order valence-corrected chi connectivity index (χ2v) is 6.95. The van der Waals surface area contributed by atoms with Gasteiger partial charge >= 0.3 is 0 Å². The second kappa shape index (κ2) is 7.48. The van der Waals surface area contributed by atoms with Crippen LogP contribution in [0.3, 0.4) is 0 Å². The SMILES string of the molecule is O=C(c1ccccc1F)N1CCC(c2nc(-c3ccc(Cl)cc3)no2)CC1. The fourth-order valence-corrected chi connectivity index (χ4v) is 3.38. The lowest BCUT2D eigenvalue weighted by Gasteiger charge is -2.30. The number of carbonyl (C=O) groups excluding carboxylic acids is 1. The molecule has 2 aromatic carbocycles. The molecule has 7 heteroatoms. The van der Waals surface area contributed by atoms with Crippen LogP contribution in [-0.4, -0.2) is 34.0 Å². The number of carbonyl (C=O) groups is 1. The molecule has 4 rings (SSSR count). The molecule has 27 heavy (non-hydrogen) atoms. The van der Waals surface area contributed by atoms with Gasteiger partial charge in [0, 0.05) is 29.6 Å². The topological polar surface area (TPSA) is 59.2 Å². The summed E-state index contributed by atoms with van der Waals surface area (Å²) in [6, 6.07) is 13.3. The van der Waals surface area contributed by atoms with Crippen LogP contribution in [0, 0.1) is 5.82 Å². The van der Waals surface area contributed by atoms with Crippen molar-refractivity contribution >= 4 is 17.5 Å². The normalized spacial score (nSPS) is 15.1. The highest BCUT2D eigenvalue weighted by molar-refractivity contribution is 6.30. The van der Waals surface area contributed by atoms with Gasteiger partial charge in [-0.2, -0.15) is 4.98 Å². The van der Waals surface area contributed by atoms with Gasteiger partial charge in [0.15, 0.2) is 0 Å². The summed E-state index contributed by atoms with van der Waals surface area (Å²) >= 11 is 5.90. The van der Waals surface area contributed by atoms with Crippen LogP contribution in [-0.2, 0) is 0 Å². The molecule has 1 aromatic heterocycles. The summed E-state index contributed by atoms with van der Waals surface area (Å²) in [6.45, 7) is 1.05. The zero-order chi connectivity index (χ0) is 18.8. The average molecular weight is 386 g/mol. The van der Waals surface area contributed by atoms with Crippen LogP contribution in [0.25, 0.3) is 11.4 Å². The van der Waals surface area contributed by atoms with Gasteiger partial charge in [0.25, 0.3) is 5.91 Å². The molecule has 1 aliphatic heterocycles. The van der Waals surface area contributed by atoms with E-state index in [1.54, 1.807) is 29.2 Å². The molecule has 0 radical (unpaired) electrons. The minimum Gasteiger partial charge on any atom is -0.339 e. The van der Waals surface area contributed by atoms with E-state index in [0.29, 0.717) is 42.7 Å². The Labute approximate surface area is 160 Å². The largest absolute Gasteiger partial charge is 0.339 e. The first-order chi connectivity index (χ1) is 13.1. The molecule has 0 spiro atoms. The maximum atomic E-state index is 13.8. The van der Waals surface area contributed by atoms with Crippen LogP contribution < -0.4 is 0 Å². The van der Waals surface area contributed by atoms with E-state index < -0.39 is 5.82 Å². The molecular formula is C20H17ClFN3O2. The molecule has 0 aliphatic carbocycles. The average Bonchev–Trinajstić information content (AvgIpc) is 3.19. The van der Waals surface area contributed by atoms with Gasteiger partial charge in [0.1, 0.15) is 5.82 Å². The Morgan fingerprint density at radius 2 is 1.81 bits per heavy atom. The number of rotatable bonds is 3. The van der Waals surface area contributed by atoms with Crippen molar-refractivity contribution in [3.8, 4) is 11.4 Å². The van der Waals surface area contributed by atoms with Crippen molar-refractivity contribution in [1.82, 2.24) is 15.0 Å². The smallest absolute Gasteiger partial charge is 0.256 e. The molecule has 1 aliphatic rings. The molecule has 0 saturated carbocycles. The maximum Gasteiger partial charge on any atom is 0.256 e. The van der Waals surface area contributed by atoms with Crippen LogP contribution in [0.15, 0.2) is 53.1 Å². The molecule has 2 heterocycles. The molecule has 3 aromatic rings. The number of likely N-dealkylation sites (tertiary alicyclic amines) is 1. The van der Waals surface area contributed by atoms with Crippen LogP contribution >= 0.6 is 11.6 Å². The van der Waals surface area contributed by atoms with Gasteiger partial charge in [-0.15, -0.1) is 0 Å². The summed E-state index contributed by atoms with van der Waals surface area (Å²) in [6.07, 6.45) is 1.39. The Kier molecular flexibility index (Phi) is 4.90. The fourth-order valence-electron chi connectivity index (χ4n) is 3.25. The van der Waals surface area contributed by atoms with Crippen molar-refractivity contribution in [2.45, 2.75) is 18.8 Å². The Bertz CT molecular complexity index is 950. The van der Waals surface area contributed by atoms with Gasteiger partial charge < -0.3 is 9.42 Å². The number of aromatic nitrogens is 2. The van der Waals surface area contributed by atoms with Crippen molar-refractivity contribution < 1.29 is 13.7 Å². The summed E-state index contributed by atoms with van der Waals surface area (Å²) in [5.74, 6) is 0.403. The standard InChI is InChI=1S/C20H17ClFN3O2/c21-15-7-5-13(6-8-15)18-23-19(27-24-18)14-9-11-25(12-10-14)20(26)16-3-1-2-4-17(16)22/h1-8,14H,9-12H2. The van der Waals surface area contributed by atoms with Crippen LogP contribution in [0.1, 0.15) is 35.0 Å². The Morgan fingerprint density at radius 1 is 1.11 bits per heavy atom.